The molecule has 0 aromatic heterocycles. The number of carbonyl (C=O) groups is 3. The lowest BCUT2D eigenvalue weighted by atomic mass is 10.0. The summed E-state index contributed by atoms with van der Waals surface area (Å²) in [5, 5.41) is 2.89. The molecule has 2 aliphatic rings. The van der Waals surface area contributed by atoms with Gasteiger partial charge in [-0.3, -0.25) is 14.5 Å². The molecule has 0 atom stereocenters. The van der Waals surface area contributed by atoms with E-state index in [0.717, 1.165) is 25.9 Å². The van der Waals surface area contributed by atoms with E-state index >= 15 is 0 Å². The second-order valence-corrected chi connectivity index (χ2v) is 7.04. The lowest BCUT2D eigenvalue weighted by Crippen LogP contribution is -2.48. The van der Waals surface area contributed by atoms with E-state index in [-0.39, 0.29) is 23.9 Å². The van der Waals surface area contributed by atoms with Gasteiger partial charge < -0.3 is 15.1 Å². The molecule has 0 spiro atoms. The summed E-state index contributed by atoms with van der Waals surface area (Å²) < 4.78 is 0. The van der Waals surface area contributed by atoms with Gasteiger partial charge in [0.15, 0.2) is 0 Å². The minimum Gasteiger partial charge on any atom is -0.338 e. The lowest BCUT2D eigenvalue weighted by molar-refractivity contribution is 0.0653. The highest BCUT2D eigenvalue weighted by Gasteiger charge is 2.34. The number of fused-ring (bicyclic) bond motifs is 1. The van der Waals surface area contributed by atoms with Crippen LogP contribution in [0.1, 0.15) is 40.0 Å². The van der Waals surface area contributed by atoms with Crippen molar-refractivity contribution in [1.29, 1.82) is 0 Å². The first-order chi connectivity index (χ1) is 12.5. The summed E-state index contributed by atoms with van der Waals surface area (Å²) in [7, 11) is 3.92. The van der Waals surface area contributed by atoms with Crippen LogP contribution in [0, 0.1) is 0 Å². The number of carbonyl (C=O) groups excluding carboxylic acids is 3. The van der Waals surface area contributed by atoms with Crippen LogP contribution < -0.4 is 5.32 Å². The largest absolute Gasteiger partial charge is 0.338 e. The SMILES string of the molecule is CN1CCC(N(C)C(=O)NCCCN2C(=O)c3ccccc3C2=O)CC1. The summed E-state index contributed by atoms with van der Waals surface area (Å²) in [5.41, 5.74) is 0.923. The monoisotopic (exact) mass is 358 g/mol. The molecule has 0 bridgehead atoms. The minimum absolute atomic E-state index is 0.0954. The average molecular weight is 358 g/mol. The van der Waals surface area contributed by atoms with Crippen LogP contribution in [0.5, 0.6) is 0 Å². The quantitative estimate of drug-likeness (QED) is 0.638. The number of nitrogens with zero attached hydrogens (tertiary/aromatic N) is 3. The van der Waals surface area contributed by atoms with E-state index in [1.54, 1.807) is 29.2 Å². The molecule has 1 aromatic carbocycles. The van der Waals surface area contributed by atoms with Crippen LogP contribution in [0.15, 0.2) is 24.3 Å². The second-order valence-electron chi connectivity index (χ2n) is 7.04. The molecule has 4 amide bonds. The highest BCUT2D eigenvalue weighted by molar-refractivity contribution is 6.21. The molecule has 7 nitrogen and oxygen atoms in total. The van der Waals surface area contributed by atoms with E-state index in [9.17, 15) is 14.4 Å². The molecular weight excluding hydrogens is 332 g/mol. The lowest BCUT2D eigenvalue weighted by Gasteiger charge is -2.35. The van der Waals surface area contributed by atoms with Gasteiger partial charge in [0.2, 0.25) is 0 Å². The van der Waals surface area contributed by atoms with Gasteiger partial charge in [-0.05, 0) is 51.5 Å². The topological polar surface area (TPSA) is 73.0 Å². The molecule has 1 saturated heterocycles. The molecule has 1 N–H and O–H groups in total. The van der Waals surface area contributed by atoms with Crippen LogP contribution in [-0.4, -0.2) is 78.9 Å². The van der Waals surface area contributed by atoms with Crippen molar-refractivity contribution in [3.8, 4) is 0 Å². The fourth-order valence-corrected chi connectivity index (χ4v) is 3.55. The number of imide groups is 1. The number of nitrogens with one attached hydrogen (secondary N) is 1. The van der Waals surface area contributed by atoms with Gasteiger partial charge in [0.1, 0.15) is 0 Å². The third-order valence-corrected chi connectivity index (χ3v) is 5.27. The third-order valence-electron chi connectivity index (χ3n) is 5.27. The van der Waals surface area contributed by atoms with Crippen LogP contribution in [0.2, 0.25) is 0 Å². The smallest absolute Gasteiger partial charge is 0.317 e. The van der Waals surface area contributed by atoms with Crippen molar-refractivity contribution >= 4 is 17.8 Å². The molecule has 0 radical (unpaired) electrons. The summed E-state index contributed by atoms with van der Waals surface area (Å²) in [6, 6.07) is 7.03. The fraction of sp³-hybridized carbons (Fsp3) is 0.526. The molecule has 2 aliphatic heterocycles. The highest BCUT2D eigenvalue weighted by atomic mass is 16.2. The van der Waals surface area contributed by atoms with Crippen molar-refractivity contribution in [2.24, 2.45) is 0 Å². The van der Waals surface area contributed by atoms with Crippen LogP contribution in [-0.2, 0) is 0 Å². The van der Waals surface area contributed by atoms with Gasteiger partial charge in [-0.2, -0.15) is 0 Å². The number of amides is 4. The number of urea groups is 1. The number of likely N-dealkylation sites (tertiary alicyclic amines) is 1. The Hall–Kier alpha value is -2.41. The Morgan fingerprint density at radius 3 is 2.31 bits per heavy atom. The zero-order valence-electron chi connectivity index (χ0n) is 15.4. The summed E-state index contributed by atoms with van der Waals surface area (Å²) >= 11 is 0. The molecule has 1 fully saturated rings. The standard InChI is InChI=1S/C19H26N4O3/c1-21-12-8-14(9-13-21)22(2)19(26)20-10-5-11-23-17(24)15-6-3-4-7-16(15)18(23)25/h3-4,6-7,14H,5,8-13H2,1-2H3,(H,20,26). The van der Waals surface area contributed by atoms with E-state index in [4.69, 9.17) is 0 Å². The predicted molar refractivity (Wildman–Crippen MR) is 98.1 cm³/mol. The summed E-state index contributed by atoms with van der Waals surface area (Å²) in [6.45, 7) is 2.75. The third kappa shape index (κ3) is 3.72. The predicted octanol–water partition coefficient (Wildman–Crippen LogP) is 1.41. The molecule has 0 saturated carbocycles. The van der Waals surface area contributed by atoms with Crippen molar-refractivity contribution < 1.29 is 14.4 Å². The van der Waals surface area contributed by atoms with Gasteiger partial charge >= 0.3 is 6.03 Å². The molecule has 2 heterocycles. The van der Waals surface area contributed by atoms with Gasteiger partial charge in [0.05, 0.1) is 11.1 Å². The zero-order chi connectivity index (χ0) is 18.7. The highest BCUT2D eigenvalue weighted by Crippen LogP contribution is 2.22. The maximum absolute atomic E-state index is 12.3. The number of rotatable bonds is 5. The molecule has 7 heteroatoms. The summed E-state index contributed by atoms with van der Waals surface area (Å²) in [6.07, 6.45) is 2.50. The van der Waals surface area contributed by atoms with Gasteiger partial charge in [0, 0.05) is 26.2 Å². The molecule has 1 aromatic rings. The van der Waals surface area contributed by atoms with Crippen molar-refractivity contribution in [3.63, 3.8) is 0 Å². The average Bonchev–Trinajstić information content (AvgIpc) is 2.90. The maximum Gasteiger partial charge on any atom is 0.317 e. The van der Waals surface area contributed by atoms with Crippen LogP contribution in [0.25, 0.3) is 0 Å². The molecule has 140 valence electrons. The Kier molecular flexibility index (Phi) is 5.56. The molecular formula is C19H26N4O3. The van der Waals surface area contributed by atoms with Crippen LogP contribution in [0.3, 0.4) is 0 Å². The number of hydrogen-bond acceptors (Lipinski definition) is 4. The number of benzene rings is 1. The molecule has 0 aliphatic carbocycles. The summed E-state index contributed by atoms with van der Waals surface area (Å²) in [4.78, 5) is 42.1. The first-order valence-electron chi connectivity index (χ1n) is 9.13. The van der Waals surface area contributed by atoms with E-state index in [2.05, 4.69) is 17.3 Å². The Labute approximate surface area is 153 Å². The first kappa shape index (κ1) is 18.4. The van der Waals surface area contributed by atoms with Gasteiger partial charge in [0.25, 0.3) is 11.8 Å². The molecule has 3 rings (SSSR count). The van der Waals surface area contributed by atoms with Gasteiger partial charge in [-0.15, -0.1) is 0 Å². The van der Waals surface area contributed by atoms with Crippen molar-refractivity contribution in [2.75, 3.05) is 40.3 Å². The van der Waals surface area contributed by atoms with Crippen molar-refractivity contribution in [3.05, 3.63) is 35.4 Å². The number of hydrogen-bond donors (Lipinski definition) is 1. The normalized spacial score (nSPS) is 18.2. The first-order valence-corrected chi connectivity index (χ1v) is 9.13. The Balaban J connectivity index is 1.42. The maximum atomic E-state index is 12.3. The Bertz CT molecular complexity index is 663. The fourth-order valence-electron chi connectivity index (χ4n) is 3.55. The van der Waals surface area contributed by atoms with E-state index < -0.39 is 0 Å². The van der Waals surface area contributed by atoms with Crippen LogP contribution >= 0.6 is 0 Å². The Morgan fingerprint density at radius 2 is 1.73 bits per heavy atom. The van der Waals surface area contributed by atoms with Crippen molar-refractivity contribution in [1.82, 2.24) is 20.0 Å². The van der Waals surface area contributed by atoms with Crippen LogP contribution in [0.4, 0.5) is 4.79 Å². The summed E-state index contributed by atoms with van der Waals surface area (Å²) in [5.74, 6) is -0.499. The minimum atomic E-state index is -0.250. The van der Waals surface area contributed by atoms with E-state index in [1.807, 2.05) is 7.05 Å². The number of piperidine rings is 1. The molecule has 26 heavy (non-hydrogen) atoms. The van der Waals surface area contributed by atoms with E-state index in [1.165, 1.54) is 4.90 Å². The van der Waals surface area contributed by atoms with E-state index in [0.29, 0.717) is 30.6 Å². The zero-order valence-corrected chi connectivity index (χ0v) is 15.4. The molecule has 0 unspecified atom stereocenters. The van der Waals surface area contributed by atoms with Gasteiger partial charge in [-0.25, -0.2) is 4.79 Å². The van der Waals surface area contributed by atoms with Crippen molar-refractivity contribution in [2.45, 2.75) is 25.3 Å². The second kappa shape index (κ2) is 7.86. The Morgan fingerprint density at radius 1 is 1.15 bits per heavy atom. The van der Waals surface area contributed by atoms with Gasteiger partial charge in [-0.1, -0.05) is 12.1 Å².